The highest BCUT2D eigenvalue weighted by molar-refractivity contribution is 7.47. The van der Waals surface area contributed by atoms with Gasteiger partial charge in [-0.1, -0.05) is 269 Å². The van der Waals surface area contributed by atoms with Crippen LogP contribution in [-0.4, -0.2) is 96.7 Å². The van der Waals surface area contributed by atoms with Crippen molar-refractivity contribution in [2.45, 2.75) is 316 Å². The zero-order chi connectivity index (χ0) is 76.0. The maximum absolute atomic E-state index is 13.1. The van der Waals surface area contributed by atoms with E-state index in [1.165, 1.54) is 0 Å². The number of hydrogen-bond donors (Lipinski definition) is 3. The molecule has 0 saturated carbocycles. The molecule has 0 amide bonds. The van der Waals surface area contributed by atoms with E-state index in [1.54, 1.807) is 0 Å². The molecular weight excluding hydrogens is 1350 g/mol. The van der Waals surface area contributed by atoms with E-state index < -0.39 is 97.5 Å². The molecule has 5 unspecified atom stereocenters. The van der Waals surface area contributed by atoms with Crippen LogP contribution in [0.4, 0.5) is 0 Å². The number of phosphoric acid groups is 2. The lowest BCUT2D eigenvalue weighted by Crippen LogP contribution is -2.30. The molecule has 0 radical (unpaired) electrons. The Bertz CT molecular complexity index is 2590. The lowest BCUT2D eigenvalue weighted by Gasteiger charge is -2.21. The van der Waals surface area contributed by atoms with Gasteiger partial charge in [0.15, 0.2) is 12.2 Å². The Morgan fingerprint density at radius 3 is 0.769 bits per heavy atom. The number of esters is 4. The van der Waals surface area contributed by atoms with Crippen LogP contribution >= 0.6 is 15.6 Å². The van der Waals surface area contributed by atoms with E-state index in [4.69, 9.17) is 37.0 Å². The molecule has 104 heavy (non-hydrogen) atoms. The standard InChI is InChI=1S/C85H140O17P2/c1-5-9-13-17-21-25-29-33-36-39-42-46-49-53-57-61-65-69-82(87)95-75-80(101-84(89)71-67-63-59-55-51-45-32-28-24-20-16-12-8-4)77-99-103(91,92)97-73-79(86)74-98-104(93,94)100-78-81(102-85(90)72-68-64-60-56-52-48-44-41-38-35-31-27-23-19-15-11-7-3)76-96-83(88)70-66-62-58-54-50-47-43-40-37-34-30-26-22-18-14-10-6-2/h9-11,13-16,20-23,25-28,32-38,43-44,47-48,79-81,86H,5-8,12,17-19,24,29-31,39-42,45-46,49-78H2,1-4H3,(H,91,92)(H,93,94)/b13-9-,14-10-,15-11-,20-16-,25-21-,26-22-,27-23-,32-28-,36-33-,37-34-,38-35-,47-43-,48-44-. The minimum Gasteiger partial charge on any atom is -0.462 e. The number of unbranched alkanes of at least 4 members (excludes halogenated alkanes) is 21. The number of aliphatic hydroxyl groups excluding tert-OH is 1. The Balaban J connectivity index is 5.43. The molecule has 592 valence electrons. The first kappa shape index (κ1) is 98.7. The van der Waals surface area contributed by atoms with Crippen LogP contribution in [0.1, 0.15) is 297 Å². The zero-order valence-corrected chi connectivity index (χ0v) is 66.4. The summed E-state index contributed by atoms with van der Waals surface area (Å²) in [7, 11) is -9.99. The third kappa shape index (κ3) is 74.9. The molecule has 0 heterocycles. The summed E-state index contributed by atoms with van der Waals surface area (Å²) in [6.07, 6.45) is 87.9. The highest BCUT2D eigenvalue weighted by Gasteiger charge is 2.30. The number of ether oxygens (including phenoxy) is 4. The van der Waals surface area contributed by atoms with Crippen molar-refractivity contribution in [3.63, 3.8) is 0 Å². The second-order valence-corrected chi connectivity index (χ2v) is 28.8. The van der Waals surface area contributed by atoms with Crippen molar-refractivity contribution < 1.29 is 80.2 Å². The lowest BCUT2D eigenvalue weighted by atomic mass is 10.1. The van der Waals surface area contributed by atoms with Crippen LogP contribution in [0.25, 0.3) is 0 Å². The average molecular weight is 1500 g/mol. The van der Waals surface area contributed by atoms with Crippen LogP contribution in [0.15, 0.2) is 158 Å². The Kier molecular flexibility index (Phi) is 72.0. The van der Waals surface area contributed by atoms with Gasteiger partial charge in [0, 0.05) is 25.7 Å². The molecule has 3 N–H and O–H groups in total. The topological polar surface area (TPSA) is 237 Å². The smallest absolute Gasteiger partial charge is 0.462 e. The van der Waals surface area contributed by atoms with E-state index in [1.807, 2.05) is 0 Å². The van der Waals surface area contributed by atoms with Gasteiger partial charge >= 0.3 is 39.5 Å². The van der Waals surface area contributed by atoms with Crippen LogP contribution in [-0.2, 0) is 65.4 Å². The normalized spacial score (nSPS) is 14.7. The number of carbonyl (C=O) groups excluding carboxylic acids is 4. The highest BCUT2D eigenvalue weighted by atomic mass is 31.2. The first-order valence-corrected chi connectivity index (χ1v) is 42.7. The fourth-order valence-corrected chi connectivity index (χ4v) is 11.6. The number of carbonyl (C=O) groups is 4. The summed E-state index contributed by atoms with van der Waals surface area (Å²) in [5, 5.41) is 10.6. The monoisotopic (exact) mass is 1490 g/mol. The molecule has 0 aromatic rings. The van der Waals surface area contributed by atoms with E-state index in [2.05, 4.69) is 186 Å². The summed E-state index contributed by atoms with van der Waals surface area (Å²) in [5.74, 6) is -2.26. The third-order valence-corrected chi connectivity index (χ3v) is 17.9. The molecule has 0 aromatic carbocycles. The van der Waals surface area contributed by atoms with Crippen molar-refractivity contribution in [3.8, 4) is 0 Å². The first-order chi connectivity index (χ1) is 50.7. The molecule has 5 atom stereocenters. The molecule has 0 aromatic heterocycles. The van der Waals surface area contributed by atoms with Gasteiger partial charge < -0.3 is 33.8 Å². The van der Waals surface area contributed by atoms with Crippen LogP contribution in [0, 0.1) is 0 Å². The molecular formula is C85H140O17P2. The van der Waals surface area contributed by atoms with Gasteiger partial charge in [-0.3, -0.25) is 37.3 Å². The van der Waals surface area contributed by atoms with Gasteiger partial charge in [-0.05, 0) is 161 Å². The molecule has 19 heteroatoms. The van der Waals surface area contributed by atoms with Gasteiger partial charge in [0.25, 0.3) is 0 Å². The van der Waals surface area contributed by atoms with E-state index >= 15 is 0 Å². The Labute approximate surface area is 629 Å². The molecule has 0 fully saturated rings. The molecule has 0 saturated heterocycles. The minimum absolute atomic E-state index is 0.0557. The number of hydrogen-bond acceptors (Lipinski definition) is 15. The number of aliphatic hydroxyl groups is 1. The van der Waals surface area contributed by atoms with Gasteiger partial charge in [-0.25, -0.2) is 9.13 Å². The van der Waals surface area contributed by atoms with Crippen molar-refractivity contribution in [2.75, 3.05) is 39.6 Å². The quantitative estimate of drug-likeness (QED) is 0.0169. The lowest BCUT2D eigenvalue weighted by molar-refractivity contribution is -0.161. The number of allylic oxidation sites excluding steroid dienone is 26. The van der Waals surface area contributed by atoms with Crippen molar-refractivity contribution in [1.82, 2.24) is 0 Å². The van der Waals surface area contributed by atoms with Gasteiger partial charge in [0.2, 0.25) is 0 Å². The summed E-state index contributed by atoms with van der Waals surface area (Å²) in [5.41, 5.74) is 0. The van der Waals surface area contributed by atoms with Gasteiger partial charge in [0.1, 0.15) is 19.3 Å². The van der Waals surface area contributed by atoms with Crippen LogP contribution in [0.2, 0.25) is 0 Å². The number of rotatable bonds is 73. The first-order valence-electron chi connectivity index (χ1n) is 39.7. The fourth-order valence-electron chi connectivity index (χ4n) is 10.0. The molecule has 17 nitrogen and oxygen atoms in total. The van der Waals surface area contributed by atoms with Gasteiger partial charge in [-0.15, -0.1) is 0 Å². The molecule has 0 aliphatic heterocycles. The van der Waals surface area contributed by atoms with Crippen molar-refractivity contribution >= 4 is 39.5 Å². The molecule has 0 aliphatic carbocycles. The van der Waals surface area contributed by atoms with E-state index in [0.29, 0.717) is 25.7 Å². The molecule has 0 spiro atoms. The summed E-state index contributed by atoms with van der Waals surface area (Å²) in [4.78, 5) is 73.0. The highest BCUT2D eigenvalue weighted by Crippen LogP contribution is 2.45. The average Bonchev–Trinajstić information content (AvgIpc) is 0.910. The van der Waals surface area contributed by atoms with Crippen molar-refractivity contribution in [2.24, 2.45) is 0 Å². The Morgan fingerprint density at radius 2 is 0.500 bits per heavy atom. The van der Waals surface area contributed by atoms with Gasteiger partial charge in [-0.2, -0.15) is 0 Å². The fraction of sp³-hybridized carbons (Fsp3) is 0.647. The van der Waals surface area contributed by atoms with Crippen LogP contribution in [0.3, 0.4) is 0 Å². The van der Waals surface area contributed by atoms with E-state index in [0.717, 1.165) is 218 Å². The van der Waals surface area contributed by atoms with Gasteiger partial charge in [0.05, 0.1) is 26.4 Å². The zero-order valence-electron chi connectivity index (χ0n) is 64.6. The summed E-state index contributed by atoms with van der Waals surface area (Å²) in [6.45, 7) is 4.39. The summed E-state index contributed by atoms with van der Waals surface area (Å²) in [6, 6.07) is 0. The summed E-state index contributed by atoms with van der Waals surface area (Å²) < 4.78 is 68.6. The van der Waals surface area contributed by atoms with Crippen molar-refractivity contribution in [1.29, 1.82) is 0 Å². The maximum atomic E-state index is 13.1. The van der Waals surface area contributed by atoms with E-state index in [9.17, 15) is 43.2 Å². The predicted molar refractivity (Wildman–Crippen MR) is 427 cm³/mol. The van der Waals surface area contributed by atoms with E-state index in [-0.39, 0.29) is 25.7 Å². The second-order valence-electron chi connectivity index (χ2n) is 25.9. The number of phosphoric ester groups is 2. The Hall–Kier alpha value is -5.32. The SMILES string of the molecule is CC/C=C\C/C=C\C/C=C\C/C=C\CCCCCCC(=O)OCC(COP(=O)(O)OCC(O)COP(=O)(O)OCC(COC(=O)CCCCCCCCC/C=C\C/C=C\C/C=C\CC)OC(=O)CCCCCCC/C=C\C/C=C\CCC)OC(=O)CCCCCC/C=C\C/C=C\C/C=C\C/C=C\CC. The Morgan fingerprint density at radius 1 is 0.279 bits per heavy atom. The van der Waals surface area contributed by atoms with Crippen molar-refractivity contribution in [3.05, 3.63) is 158 Å². The largest absolute Gasteiger partial charge is 0.472 e. The molecule has 0 bridgehead atoms. The van der Waals surface area contributed by atoms with Crippen LogP contribution < -0.4 is 0 Å². The molecule has 0 aliphatic rings. The minimum atomic E-state index is -5.00. The molecule has 0 rings (SSSR count). The van der Waals surface area contributed by atoms with Crippen LogP contribution in [0.5, 0.6) is 0 Å². The predicted octanol–water partition coefficient (Wildman–Crippen LogP) is 23.2. The second kappa shape index (κ2) is 75.9. The maximum Gasteiger partial charge on any atom is 0.472 e. The third-order valence-electron chi connectivity index (χ3n) is 15.9. The summed E-state index contributed by atoms with van der Waals surface area (Å²) >= 11 is 0.